The average Bonchev–Trinajstić information content (AvgIpc) is 2.87. The van der Waals surface area contributed by atoms with Gasteiger partial charge < -0.3 is 14.5 Å². The molecule has 0 aliphatic carbocycles. The number of ketones is 1. The Kier molecular flexibility index (Phi) is 4.40. The highest BCUT2D eigenvalue weighted by Gasteiger charge is 2.28. The zero-order valence-electron chi connectivity index (χ0n) is 14.5. The Bertz CT molecular complexity index is 763. The Hall–Kier alpha value is -2.40. The van der Waals surface area contributed by atoms with Crippen LogP contribution in [0.3, 0.4) is 0 Å². The van der Waals surface area contributed by atoms with E-state index in [1.807, 2.05) is 24.3 Å². The van der Waals surface area contributed by atoms with Crippen molar-refractivity contribution in [2.24, 2.45) is 0 Å². The van der Waals surface area contributed by atoms with Gasteiger partial charge in [-0.05, 0) is 44.3 Å². The number of ether oxygens (including phenoxy) is 1. The first kappa shape index (κ1) is 16.1. The summed E-state index contributed by atoms with van der Waals surface area (Å²) in [6, 6.07) is 9.85. The van der Waals surface area contributed by atoms with Crippen molar-refractivity contribution in [2.45, 2.75) is 18.9 Å². The summed E-state index contributed by atoms with van der Waals surface area (Å²) in [6.45, 7) is 4.18. The Morgan fingerprint density at radius 1 is 1.16 bits per heavy atom. The lowest BCUT2D eigenvalue weighted by molar-refractivity contribution is 0.0850. The Labute approximate surface area is 148 Å². The fourth-order valence-corrected chi connectivity index (χ4v) is 3.57. The summed E-state index contributed by atoms with van der Waals surface area (Å²) in [5.74, 6) is 0.824. The molecule has 1 unspecified atom stereocenters. The molecule has 0 saturated carbocycles. The molecule has 0 radical (unpaired) electrons. The molecule has 2 aliphatic heterocycles. The summed E-state index contributed by atoms with van der Waals surface area (Å²) in [5, 5.41) is 0. The molecular weight excluding hydrogens is 314 g/mol. The molecule has 5 heteroatoms. The van der Waals surface area contributed by atoms with Gasteiger partial charge in [0.1, 0.15) is 11.9 Å². The highest BCUT2D eigenvalue weighted by Crippen LogP contribution is 2.36. The molecule has 0 bridgehead atoms. The van der Waals surface area contributed by atoms with Gasteiger partial charge in [0.15, 0.2) is 5.78 Å². The number of carbonyl (C=O) groups is 1. The van der Waals surface area contributed by atoms with Crippen LogP contribution in [0.25, 0.3) is 0 Å². The van der Waals surface area contributed by atoms with Crippen LogP contribution in [0.1, 0.15) is 34.9 Å². The van der Waals surface area contributed by atoms with Gasteiger partial charge in [-0.2, -0.15) is 0 Å². The predicted octanol–water partition coefficient (Wildman–Crippen LogP) is 2.93. The lowest BCUT2D eigenvalue weighted by Gasteiger charge is -2.28. The lowest BCUT2D eigenvalue weighted by atomic mass is 9.96. The van der Waals surface area contributed by atoms with E-state index < -0.39 is 0 Å². The van der Waals surface area contributed by atoms with E-state index >= 15 is 0 Å². The zero-order chi connectivity index (χ0) is 17.2. The van der Waals surface area contributed by atoms with Crippen LogP contribution in [0.5, 0.6) is 5.75 Å². The molecule has 25 heavy (non-hydrogen) atoms. The molecule has 5 nitrogen and oxygen atoms in total. The van der Waals surface area contributed by atoms with E-state index in [9.17, 15) is 4.79 Å². The van der Waals surface area contributed by atoms with Crippen molar-refractivity contribution in [1.29, 1.82) is 0 Å². The summed E-state index contributed by atoms with van der Waals surface area (Å²) in [6.07, 6.45) is 4.76. The standard InChI is InChI=1S/C20H23N3O2/c1-22-8-3-9-23(11-10-22)16-5-6-19-17(12-16)18(24)13-20(25-19)15-4-2-7-21-14-15/h2,4-7,12,14,20H,3,8-11,13H2,1H3. The number of carbonyl (C=O) groups excluding carboxylic acids is 1. The number of nitrogens with zero attached hydrogens (tertiary/aromatic N) is 3. The highest BCUT2D eigenvalue weighted by atomic mass is 16.5. The summed E-state index contributed by atoms with van der Waals surface area (Å²) >= 11 is 0. The first-order valence-electron chi connectivity index (χ1n) is 8.88. The van der Waals surface area contributed by atoms with Crippen molar-refractivity contribution in [2.75, 3.05) is 38.1 Å². The van der Waals surface area contributed by atoms with Gasteiger partial charge in [0.2, 0.25) is 0 Å². The van der Waals surface area contributed by atoms with Crippen molar-refractivity contribution in [3.05, 3.63) is 53.9 Å². The van der Waals surface area contributed by atoms with Crippen LogP contribution in [-0.4, -0.2) is 48.9 Å². The largest absolute Gasteiger partial charge is 0.484 e. The molecule has 1 aromatic heterocycles. The monoisotopic (exact) mass is 337 g/mol. The molecule has 1 fully saturated rings. The maximum Gasteiger partial charge on any atom is 0.170 e. The van der Waals surface area contributed by atoms with E-state index in [0.717, 1.165) is 43.9 Å². The van der Waals surface area contributed by atoms with E-state index in [-0.39, 0.29) is 11.9 Å². The molecule has 0 amide bonds. The number of fused-ring (bicyclic) bond motifs is 1. The topological polar surface area (TPSA) is 45.7 Å². The smallest absolute Gasteiger partial charge is 0.170 e. The molecule has 1 atom stereocenters. The highest BCUT2D eigenvalue weighted by molar-refractivity contribution is 6.00. The minimum Gasteiger partial charge on any atom is -0.484 e. The quantitative estimate of drug-likeness (QED) is 0.843. The number of pyridine rings is 1. The summed E-state index contributed by atoms with van der Waals surface area (Å²) in [7, 11) is 2.16. The zero-order valence-corrected chi connectivity index (χ0v) is 14.5. The van der Waals surface area contributed by atoms with Gasteiger partial charge in [0.05, 0.1) is 12.0 Å². The third-order valence-electron chi connectivity index (χ3n) is 5.04. The maximum atomic E-state index is 12.7. The Balaban J connectivity index is 1.57. The van der Waals surface area contributed by atoms with Gasteiger partial charge in [-0.3, -0.25) is 9.78 Å². The van der Waals surface area contributed by atoms with Crippen molar-refractivity contribution in [3.63, 3.8) is 0 Å². The van der Waals surface area contributed by atoms with Crippen molar-refractivity contribution >= 4 is 11.5 Å². The van der Waals surface area contributed by atoms with Crippen LogP contribution in [-0.2, 0) is 0 Å². The average molecular weight is 337 g/mol. The number of anilines is 1. The van der Waals surface area contributed by atoms with Gasteiger partial charge in [0, 0.05) is 43.3 Å². The van der Waals surface area contributed by atoms with Gasteiger partial charge >= 0.3 is 0 Å². The van der Waals surface area contributed by atoms with E-state index in [0.29, 0.717) is 17.7 Å². The van der Waals surface area contributed by atoms with E-state index in [4.69, 9.17) is 4.74 Å². The molecule has 4 rings (SSSR count). The third-order valence-corrected chi connectivity index (χ3v) is 5.04. The molecule has 0 spiro atoms. The van der Waals surface area contributed by atoms with Crippen LogP contribution >= 0.6 is 0 Å². The first-order chi connectivity index (χ1) is 12.2. The number of benzene rings is 1. The van der Waals surface area contributed by atoms with Crippen LogP contribution in [0.4, 0.5) is 5.69 Å². The normalized spacial score (nSPS) is 21.4. The molecule has 1 aromatic carbocycles. The maximum absolute atomic E-state index is 12.7. The lowest BCUT2D eigenvalue weighted by Crippen LogP contribution is -2.29. The summed E-state index contributed by atoms with van der Waals surface area (Å²) in [4.78, 5) is 21.5. The molecule has 3 heterocycles. The number of hydrogen-bond acceptors (Lipinski definition) is 5. The number of rotatable bonds is 2. The molecule has 0 N–H and O–H groups in total. The SMILES string of the molecule is CN1CCCN(c2ccc3c(c2)C(=O)CC(c2cccnc2)O3)CC1. The van der Waals surface area contributed by atoms with Gasteiger partial charge in [-0.15, -0.1) is 0 Å². The summed E-state index contributed by atoms with van der Waals surface area (Å²) in [5.41, 5.74) is 2.77. The number of likely N-dealkylation sites (N-methyl/N-ethyl adjacent to an activating group) is 1. The fraction of sp³-hybridized carbons (Fsp3) is 0.400. The molecule has 2 aliphatic rings. The molecule has 1 saturated heterocycles. The van der Waals surface area contributed by atoms with Gasteiger partial charge in [0.25, 0.3) is 0 Å². The predicted molar refractivity (Wildman–Crippen MR) is 97.3 cm³/mol. The second-order valence-corrected chi connectivity index (χ2v) is 6.84. The van der Waals surface area contributed by atoms with Crippen molar-refractivity contribution < 1.29 is 9.53 Å². The number of aromatic nitrogens is 1. The number of Topliss-reactive ketones (excluding diaryl/α,β-unsaturated/α-hetero) is 1. The van der Waals surface area contributed by atoms with Gasteiger partial charge in [-0.25, -0.2) is 0 Å². The van der Waals surface area contributed by atoms with Crippen LogP contribution in [0.15, 0.2) is 42.7 Å². The molecule has 130 valence electrons. The minimum atomic E-state index is -0.244. The van der Waals surface area contributed by atoms with E-state index in [1.54, 1.807) is 12.4 Å². The van der Waals surface area contributed by atoms with Crippen molar-refractivity contribution in [1.82, 2.24) is 9.88 Å². The molecular formula is C20H23N3O2. The molecule has 2 aromatic rings. The van der Waals surface area contributed by atoms with Crippen LogP contribution in [0.2, 0.25) is 0 Å². The number of hydrogen-bond donors (Lipinski definition) is 0. The Morgan fingerprint density at radius 3 is 2.92 bits per heavy atom. The van der Waals surface area contributed by atoms with Crippen LogP contribution in [0, 0.1) is 0 Å². The van der Waals surface area contributed by atoms with Crippen LogP contribution < -0.4 is 9.64 Å². The second kappa shape index (κ2) is 6.84. The third kappa shape index (κ3) is 3.37. The fourth-order valence-electron chi connectivity index (χ4n) is 3.57. The van der Waals surface area contributed by atoms with E-state index in [1.165, 1.54) is 0 Å². The second-order valence-electron chi connectivity index (χ2n) is 6.84. The van der Waals surface area contributed by atoms with E-state index in [2.05, 4.69) is 27.9 Å². The summed E-state index contributed by atoms with van der Waals surface area (Å²) < 4.78 is 6.08. The van der Waals surface area contributed by atoms with Crippen molar-refractivity contribution in [3.8, 4) is 5.75 Å². The Morgan fingerprint density at radius 2 is 2.08 bits per heavy atom. The first-order valence-corrected chi connectivity index (χ1v) is 8.88. The minimum absolute atomic E-state index is 0.142. The van der Waals surface area contributed by atoms with Gasteiger partial charge in [-0.1, -0.05) is 6.07 Å².